The Morgan fingerprint density at radius 2 is 1.91 bits per heavy atom. The normalized spacial score (nSPS) is 18.7. The predicted octanol–water partition coefficient (Wildman–Crippen LogP) is 3.63. The van der Waals surface area contributed by atoms with E-state index in [0.29, 0.717) is 16.0 Å². The van der Waals surface area contributed by atoms with Gasteiger partial charge in [-0.15, -0.1) is 0 Å². The number of carbonyl (C=O) groups excluding carboxylic acids is 1. The molecule has 4 nitrogen and oxygen atoms in total. The molecule has 2 saturated carbocycles. The summed E-state index contributed by atoms with van der Waals surface area (Å²) in [5.74, 6) is 0.349. The summed E-state index contributed by atoms with van der Waals surface area (Å²) >= 11 is 5.73. The lowest BCUT2D eigenvalue weighted by Crippen LogP contribution is -2.21. The van der Waals surface area contributed by atoms with E-state index in [-0.39, 0.29) is 24.2 Å². The summed E-state index contributed by atoms with van der Waals surface area (Å²) in [5.41, 5.74) is 1.88. The highest BCUT2D eigenvalue weighted by Crippen LogP contribution is 2.49. The zero-order valence-corrected chi connectivity index (χ0v) is 14.8. The third-order valence-corrected chi connectivity index (χ3v) is 6.82. The van der Waals surface area contributed by atoms with Crippen LogP contribution in [0.5, 0.6) is 0 Å². The maximum absolute atomic E-state index is 12.9. The maximum atomic E-state index is 12.9. The molecule has 0 unspecified atom stereocenters. The number of ether oxygens (including phenoxy) is 1. The van der Waals surface area contributed by atoms with E-state index in [4.69, 9.17) is 16.3 Å². The molecule has 0 heterocycles. The fourth-order valence-corrected chi connectivity index (χ4v) is 5.21. The number of halogens is 1. The van der Waals surface area contributed by atoms with Crippen LogP contribution in [0.1, 0.15) is 65.4 Å². The molecule has 6 heteroatoms. The van der Waals surface area contributed by atoms with Crippen molar-refractivity contribution < 1.29 is 17.9 Å². The molecule has 2 aliphatic carbocycles. The van der Waals surface area contributed by atoms with Gasteiger partial charge in [0.2, 0.25) is 0 Å². The van der Waals surface area contributed by atoms with E-state index in [0.717, 1.165) is 37.7 Å². The smallest absolute Gasteiger partial charge is 0.252 e. The first-order chi connectivity index (χ1) is 11.0. The van der Waals surface area contributed by atoms with Gasteiger partial charge < -0.3 is 4.74 Å². The van der Waals surface area contributed by atoms with Crippen LogP contribution in [0.15, 0.2) is 17.0 Å². The number of methoxy groups -OCH3 is 1. The molecule has 0 bridgehead atoms. The minimum Gasteiger partial charge on any atom is -0.384 e. The molecule has 2 fully saturated rings. The summed E-state index contributed by atoms with van der Waals surface area (Å²) < 4.78 is 30.9. The Labute approximate surface area is 142 Å². The second kappa shape index (κ2) is 6.54. The average Bonchev–Trinajstić information content (AvgIpc) is 3.26. The monoisotopic (exact) mass is 356 g/mol. The van der Waals surface area contributed by atoms with E-state index in [2.05, 4.69) is 0 Å². The van der Waals surface area contributed by atoms with Gasteiger partial charge in [0.15, 0.2) is 9.84 Å². The summed E-state index contributed by atoms with van der Waals surface area (Å²) in [4.78, 5) is 12.2. The first kappa shape index (κ1) is 16.9. The molecule has 0 N–H and O–H groups in total. The zero-order valence-electron chi connectivity index (χ0n) is 13.2. The van der Waals surface area contributed by atoms with Crippen molar-refractivity contribution in [3.63, 3.8) is 0 Å². The van der Waals surface area contributed by atoms with Gasteiger partial charge >= 0.3 is 0 Å². The second-order valence-corrected chi connectivity index (χ2v) is 8.82. The lowest BCUT2D eigenvalue weighted by molar-refractivity contribution is 0.108. The van der Waals surface area contributed by atoms with Crippen LogP contribution in [0.4, 0.5) is 0 Å². The van der Waals surface area contributed by atoms with Crippen molar-refractivity contribution in [3.8, 4) is 0 Å². The van der Waals surface area contributed by atoms with E-state index in [1.54, 1.807) is 12.1 Å². The van der Waals surface area contributed by atoms with Crippen molar-refractivity contribution in [2.75, 3.05) is 19.5 Å². The zero-order chi connectivity index (χ0) is 16.6. The quantitative estimate of drug-likeness (QED) is 0.700. The SMILES string of the molecule is COCCS(=O)(=O)c1c(C2CCC2)ccc(C(=O)Cl)c1C1CC1. The lowest BCUT2D eigenvalue weighted by atomic mass is 9.79. The van der Waals surface area contributed by atoms with Crippen molar-refractivity contribution in [1.29, 1.82) is 0 Å². The van der Waals surface area contributed by atoms with E-state index >= 15 is 0 Å². The Balaban J connectivity index is 2.19. The van der Waals surface area contributed by atoms with Gasteiger partial charge in [0.25, 0.3) is 5.24 Å². The molecule has 0 radical (unpaired) electrons. The molecule has 1 aromatic rings. The summed E-state index contributed by atoms with van der Waals surface area (Å²) in [6.07, 6.45) is 4.96. The molecule has 0 spiro atoms. The lowest BCUT2D eigenvalue weighted by Gasteiger charge is -2.29. The molecule has 126 valence electrons. The van der Waals surface area contributed by atoms with Crippen molar-refractivity contribution in [2.24, 2.45) is 0 Å². The third kappa shape index (κ3) is 3.32. The highest BCUT2D eigenvalue weighted by molar-refractivity contribution is 7.91. The molecule has 0 aromatic heterocycles. The van der Waals surface area contributed by atoms with Crippen molar-refractivity contribution in [2.45, 2.75) is 48.8 Å². The molecule has 0 amide bonds. The first-order valence-corrected chi connectivity index (χ1v) is 10.1. The van der Waals surface area contributed by atoms with Gasteiger partial charge in [-0.3, -0.25) is 4.79 Å². The van der Waals surface area contributed by atoms with Crippen LogP contribution < -0.4 is 0 Å². The standard InChI is InChI=1S/C17H21ClO4S/c1-22-9-10-23(20,21)16-13(11-3-2-4-11)7-8-14(17(18)19)15(16)12-5-6-12/h7-8,11-12H,2-6,9-10H2,1H3. The van der Waals surface area contributed by atoms with Gasteiger partial charge in [0.05, 0.1) is 17.3 Å². The van der Waals surface area contributed by atoms with E-state index < -0.39 is 15.1 Å². The summed E-state index contributed by atoms with van der Waals surface area (Å²) in [5, 5.41) is -0.574. The first-order valence-electron chi connectivity index (χ1n) is 8.04. The van der Waals surface area contributed by atoms with Crippen LogP contribution in [-0.4, -0.2) is 33.1 Å². The molecule has 23 heavy (non-hydrogen) atoms. The number of rotatable bonds is 7. The van der Waals surface area contributed by atoms with Gasteiger partial charge in [-0.1, -0.05) is 12.5 Å². The Hall–Kier alpha value is -0.910. The fraction of sp³-hybridized carbons (Fsp3) is 0.588. The molecule has 0 aliphatic heterocycles. The van der Waals surface area contributed by atoms with Crippen LogP contribution in [0.3, 0.4) is 0 Å². The third-order valence-electron chi connectivity index (χ3n) is 4.84. The number of hydrogen-bond donors (Lipinski definition) is 0. The number of hydrogen-bond acceptors (Lipinski definition) is 4. The van der Waals surface area contributed by atoms with Crippen LogP contribution in [-0.2, 0) is 14.6 Å². The molecule has 2 aliphatic rings. The largest absolute Gasteiger partial charge is 0.384 e. The highest BCUT2D eigenvalue weighted by Gasteiger charge is 2.37. The number of sulfone groups is 1. The highest BCUT2D eigenvalue weighted by atomic mass is 35.5. The van der Waals surface area contributed by atoms with Gasteiger partial charge in [-0.2, -0.15) is 0 Å². The van der Waals surface area contributed by atoms with Gasteiger partial charge in [0, 0.05) is 12.7 Å². The topological polar surface area (TPSA) is 60.4 Å². The molecule has 1 aromatic carbocycles. The van der Waals surface area contributed by atoms with Crippen LogP contribution in [0, 0.1) is 0 Å². The molecule has 3 rings (SSSR count). The number of benzene rings is 1. The van der Waals surface area contributed by atoms with Crippen LogP contribution in [0.2, 0.25) is 0 Å². The van der Waals surface area contributed by atoms with Crippen LogP contribution in [0.25, 0.3) is 0 Å². The Kier molecular flexibility index (Phi) is 4.81. The molecule has 0 saturated heterocycles. The van der Waals surface area contributed by atoms with Gasteiger partial charge in [-0.05, 0) is 66.3 Å². The Morgan fingerprint density at radius 1 is 1.22 bits per heavy atom. The minimum absolute atomic E-state index is 0.0666. The van der Waals surface area contributed by atoms with E-state index in [9.17, 15) is 13.2 Å². The molecular formula is C17H21ClO4S. The molecule has 0 atom stereocenters. The second-order valence-electron chi connectivity index (χ2n) is 6.43. The maximum Gasteiger partial charge on any atom is 0.252 e. The van der Waals surface area contributed by atoms with Gasteiger partial charge in [-0.25, -0.2) is 8.42 Å². The number of carbonyl (C=O) groups is 1. The summed E-state index contributed by atoms with van der Waals surface area (Å²) in [7, 11) is -2.01. The Bertz CT molecular complexity index is 718. The summed E-state index contributed by atoms with van der Waals surface area (Å²) in [6.45, 7) is 0.148. The summed E-state index contributed by atoms with van der Waals surface area (Å²) in [6, 6.07) is 3.51. The van der Waals surface area contributed by atoms with Crippen LogP contribution >= 0.6 is 11.6 Å². The van der Waals surface area contributed by atoms with Gasteiger partial charge in [0.1, 0.15) is 0 Å². The fourth-order valence-electron chi connectivity index (χ4n) is 3.25. The predicted molar refractivity (Wildman–Crippen MR) is 89.1 cm³/mol. The Morgan fingerprint density at radius 3 is 2.39 bits per heavy atom. The van der Waals surface area contributed by atoms with Crippen molar-refractivity contribution >= 4 is 26.7 Å². The average molecular weight is 357 g/mol. The van der Waals surface area contributed by atoms with Crippen molar-refractivity contribution in [3.05, 3.63) is 28.8 Å². The minimum atomic E-state index is -3.50. The van der Waals surface area contributed by atoms with E-state index in [1.165, 1.54) is 7.11 Å². The van der Waals surface area contributed by atoms with Crippen molar-refractivity contribution in [1.82, 2.24) is 0 Å². The van der Waals surface area contributed by atoms with E-state index in [1.807, 2.05) is 0 Å². The molecular weight excluding hydrogens is 336 g/mol.